The highest BCUT2D eigenvalue weighted by Gasteiger charge is 1.95. The number of benzene rings is 1. The Morgan fingerprint density at radius 3 is 2.39 bits per heavy atom. The van der Waals surface area contributed by atoms with Gasteiger partial charge in [0.05, 0.1) is 7.11 Å². The van der Waals surface area contributed by atoms with Crippen LogP contribution in [0.1, 0.15) is 25.8 Å². The SMILES string of the molecule is COc1ccc(CCCNCCNC(C)C)cc1. The molecule has 0 amide bonds. The second kappa shape index (κ2) is 8.95. The molecule has 1 aromatic carbocycles. The van der Waals surface area contributed by atoms with Gasteiger partial charge in [0.25, 0.3) is 0 Å². The van der Waals surface area contributed by atoms with Gasteiger partial charge in [0.15, 0.2) is 0 Å². The molecule has 0 fully saturated rings. The predicted octanol–water partition coefficient (Wildman–Crippen LogP) is 2.22. The quantitative estimate of drug-likeness (QED) is 0.659. The number of methoxy groups -OCH3 is 1. The normalized spacial score (nSPS) is 10.9. The van der Waals surface area contributed by atoms with Crippen molar-refractivity contribution in [1.29, 1.82) is 0 Å². The first kappa shape index (κ1) is 15.0. The monoisotopic (exact) mass is 250 g/mol. The van der Waals surface area contributed by atoms with Crippen LogP contribution < -0.4 is 15.4 Å². The summed E-state index contributed by atoms with van der Waals surface area (Å²) in [6.07, 6.45) is 2.29. The Morgan fingerprint density at radius 2 is 1.78 bits per heavy atom. The lowest BCUT2D eigenvalue weighted by molar-refractivity contribution is 0.414. The third-order valence-electron chi connectivity index (χ3n) is 2.83. The summed E-state index contributed by atoms with van der Waals surface area (Å²) >= 11 is 0. The molecule has 3 heteroatoms. The van der Waals surface area contributed by atoms with Crippen LogP contribution >= 0.6 is 0 Å². The fourth-order valence-electron chi connectivity index (χ4n) is 1.78. The molecule has 1 aromatic rings. The van der Waals surface area contributed by atoms with Gasteiger partial charge in [0, 0.05) is 19.1 Å². The van der Waals surface area contributed by atoms with Crippen molar-refractivity contribution in [2.75, 3.05) is 26.7 Å². The van der Waals surface area contributed by atoms with Crippen molar-refractivity contribution in [3.8, 4) is 5.75 Å². The molecular formula is C15H26N2O. The van der Waals surface area contributed by atoms with Crippen molar-refractivity contribution in [3.63, 3.8) is 0 Å². The van der Waals surface area contributed by atoms with Gasteiger partial charge < -0.3 is 15.4 Å². The highest BCUT2D eigenvalue weighted by atomic mass is 16.5. The zero-order valence-corrected chi connectivity index (χ0v) is 11.8. The summed E-state index contributed by atoms with van der Waals surface area (Å²) in [7, 11) is 1.70. The molecular weight excluding hydrogens is 224 g/mol. The molecule has 18 heavy (non-hydrogen) atoms. The predicted molar refractivity (Wildman–Crippen MR) is 77.3 cm³/mol. The first-order valence-corrected chi connectivity index (χ1v) is 6.79. The summed E-state index contributed by atoms with van der Waals surface area (Å²) in [5, 5.41) is 6.84. The van der Waals surface area contributed by atoms with Crippen LogP contribution in [0.3, 0.4) is 0 Å². The van der Waals surface area contributed by atoms with Gasteiger partial charge in [-0.1, -0.05) is 26.0 Å². The molecule has 0 atom stereocenters. The fourth-order valence-corrected chi connectivity index (χ4v) is 1.78. The van der Waals surface area contributed by atoms with Gasteiger partial charge >= 0.3 is 0 Å². The van der Waals surface area contributed by atoms with Crippen LogP contribution in [0.4, 0.5) is 0 Å². The molecule has 0 bridgehead atoms. The van der Waals surface area contributed by atoms with Crippen molar-refractivity contribution >= 4 is 0 Å². The molecule has 0 saturated heterocycles. The molecule has 0 unspecified atom stereocenters. The van der Waals surface area contributed by atoms with Crippen LogP contribution in [0.2, 0.25) is 0 Å². The van der Waals surface area contributed by atoms with Crippen molar-refractivity contribution in [3.05, 3.63) is 29.8 Å². The van der Waals surface area contributed by atoms with Crippen molar-refractivity contribution in [2.24, 2.45) is 0 Å². The smallest absolute Gasteiger partial charge is 0.118 e. The summed E-state index contributed by atoms with van der Waals surface area (Å²) in [5.41, 5.74) is 1.37. The minimum absolute atomic E-state index is 0.575. The van der Waals surface area contributed by atoms with E-state index >= 15 is 0 Å². The molecule has 0 heterocycles. The molecule has 102 valence electrons. The number of nitrogens with one attached hydrogen (secondary N) is 2. The van der Waals surface area contributed by atoms with Crippen LogP contribution in [-0.2, 0) is 6.42 Å². The number of aryl methyl sites for hydroxylation is 1. The van der Waals surface area contributed by atoms with E-state index in [4.69, 9.17) is 4.74 Å². The molecule has 1 rings (SSSR count). The van der Waals surface area contributed by atoms with E-state index in [1.807, 2.05) is 12.1 Å². The van der Waals surface area contributed by atoms with Gasteiger partial charge in [-0.25, -0.2) is 0 Å². The standard InChI is InChI=1S/C15H26N2O/c1-13(2)17-12-11-16-10-4-5-14-6-8-15(18-3)9-7-14/h6-9,13,16-17H,4-5,10-12H2,1-3H3. The molecule has 3 nitrogen and oxygen atoms in total. The maximum atomic E-state index is 5.14. The van der Waals surface area contributed by atoms with E-state index in [9.17, 15) is 0 Å². The van der Waals surface area contributed by atoms with E-state index < -0.39 is 0 Å². The van der Waals surface area contributed by atoms with E-state index in [-0.39, 0.29) is 0 Å². The first-order valence-electron chi connectivity index (χ1n) is 6.79. The maximum Gasteiger partial charge on any atom is 0.118 e. The van der Waals surface area contributed by atoms with E-state index in [0.29, 0.717) is 6.04 Å². The highest BCUT2D eigenvalue weighted by Crippen LogP contribution is 2.12. The maximum absolute atomic E-state index is 5.14. The van der Waals surface area contributed by atoms with Crippen molar-refractivity contribution in [1.82, 2.24) is 10.6 Å². The number of hydrogen-bond acceptors (Lipinski definition) is 3. The van der Waals surface area contributed by atoms with Gasteiger partial charge in [-0.05, 0) is 37.1 Å². The van der Waals surface area contributed by atoms with Gasteiger partial charge in [-0.2, -0.15) is 0 Å². The Kier molecular flexibility index (Phi) is 7.46. The number of ether oxygens (including phenoxy) is 1. The second-order valence-corrected chi connectivity index (χ2v) is 4.81. The number of hydrogen-bond donors (Lipinski definition) is 2. The third kappa shape index (κ3) is 6.62. The Bertz CT molecular complexity index is 309. The lowest BCUT2D eigenvalue weighted by atomic mass is 10.1. The van der Waals surface area contributed by atoms with Crippen LogP contribution in [0.5, 0.6) is 5.75 Å². The Labute approximate surface area is 111 Å². The average molecular weight is 250 g/mol. The fraction of sp³-hybridized carbons (Fsp3) is 0.600. The summed E-state index contributed by atoms with van der Waals surface area (Å²) in [4.78, 5) is 0. The van der Waals surface area contributed by atoms with Crippen molar-refractivity contribution in [2.45, 2.75) is 32.7 Å². The van der Waals surface area contributed by atoms with E-state index in [1.54, 1.807) is 7.11 Å². The molecule has 2 N–H and O–H groups in total. The zero-order valence-electron chi connectivity index (χ0n) is 11.8. The average Bonchev–Trinajstić information content (AvgIpc) is 2.38. The van der Waals surface area contributed by atoms with Crippen LogP contribution in [-0.4, -0.2) is 32.8 Å². The molecule has 0 spiro atoms. The second-order valence-electron chi connectivity index (χ2n) is 4.81. The minimum atomic E-state index is 0.575. The van der Waals surface area contributed by atoms with E-state index in [2.05, 4.69) is 36.6 Å². The lowest BCUT2D eigenvalue weighted by Gasteiger charge is -2.09. The summed E-state index contributed by atoms with van der Waals surface area (Å²) < 4.78 is 5.14. The summed E-state index contributed by atoms with van der Waals surface area (Å²) in [6, 6.07) is 8.90. The van der Waals surface area contributed by atoms with Crippen LogP contribution in [0, 0.1) is 0 Å². The molecule has 0 aliphatic heterocycles. The Balaban J connectivity index is 2.03. The Hall–Kier alpha value is -1.06. The molecule has 0 aliphatic rings. The van der Waals surface area contributed by atoms with Crippen LogP contribution in [0.15, 0.2) is 24.3 Å². The molecule has 0 saturated carbocycles. The summed E-state index contributed by atoms with van der Waals surface area (Å²) in [5.74, 6) is 0.927. The molecule has 0 radical (unpaired) electrons. The largest absolute Gasteiger partial charge is 0.497 e. The first-order chi connectivity index (χ1) is 8.72. The Morgan fingerprint density at radius 1 is 1.06 bits per heavy atom. The van der Waals surface area contributed by atoms with Gasteiger partial charge in [0.1, 0.15) is 5.75 Å². The molecule has 0 aliphatic carbocycles. The third-order valence-corrected chi connectivity index (χ3v) is 2.83. The number of rotatable bonds is 9. The van der Waals surface area contributed by atoms with E-state index in [1.165, 1.54) is 12.0 Å². The van der Waals surface area contributed by atoms with Crippen molar-refractivity contribution < 1.29 is 4.74 Å². The minimum Gasteiger partial charge on any atom is -0.497 e. The van der Waals surface area contributed by atoms with E-state index in [0.717, 1.165) is 31.8 Å². The summed E-state index contributed by atoms with van der Waals surface area (Å²) in [6.45, 7) is 7.50. The lowest BCUT2D eigenvalue weighted by Crippen LogP contribution is -2.32. The van der Waals surface area contributed by atoms with Gasteiger partial charge in [-0.15, -0.1) is 0 Å². The molecule has 0 aromatic heterocycles. The van der Waals surface area contributed by atoms with Gasteiger partial charge in [-0.3, -0.25) is 0 Å². The van der Waals surface area contributed by atoms with Gasteiger partial charge in [0.2, 0.25) is 0 Å². The van der Waals surface area contributed by atoms with Crippen LogP contribution in [0.25, 0.3) is 0 Å². The highest BCUT2D eigenvalue weighted by molar-refractivity contribution is 5.27. The zero-order chi connectivity index (χ0) is 13.2. The topological polar surface area (TPSA) is 33.3 Å².